The first-order valence-electron chi connectivity index (χ1n) is 5.88. The fourth-order valence-corrected chi connectivity index (χ4v) is 4.36. The first kappa shape index (κ1) is 15.5. The van der Waals surface area contributed by atoms with Crippen LogP contribution < -0.4 is 4.72 Å². The summed E-state index contributed by atoms with van der Waals surface area (Å²) in [6, 6.07) is 8.13. The molecule has 7 heteroatoms. The number of hydrogen-bond acceptors (Lipinski definition) is 4. The van der Waals surface area contributed by atoms with Crippen LogP contribution in [0.25, 0.3) is 0 Å². The van der Waals surface area contributed by atoms with E-state index in [2.05, 4.69) is 4.72 Å². The zero-order valence-corrected chi connectivity index (χ0v) is 13.1. The molecule has 0 radical (unpaired) electrons. The van der Waals surface area contributed by atoms with Gasteiger partial charge in [-0.15, -0.1) is 11.3 Å². The molecule has 0 aliphatic carbocycles. The van der Waals surface area contributed by atoms with Crippen molar-refractivity contribution in [2.24, 2.45) is 0 Å². The fraction of sp³-hybridized carbons (Fsp3) is 0.231. The van der Waals surface area contributed by atoms with E-state index < -0.39 is 16.1 Å². The number of aliphatic hydroxyl groups is 1. The van der Waals surface area contributed by atoms with Gasteiger partial charge in [0.25, 0.3) is 10.0 Å². The number of benzene rings is 1. The van der Waals surface area contributed by atoms with E-state index in [-0.39, 0.29) is 10.8 Å². The van der Waals surface area contributed by atoms with E-state index in [0.717, 1.165) is 16.9 Å². The van der Waals surface area contributed by atoms with Crippen molar-refractivity contribution in [2.45, 2.75) is 23.8 Å². The Morgan fingerprint density at radius 1 is 1.40 bits per heavy atom. The number of sulfonamides is 1. The largest absolute Gasteiger partial charge is 0.392 e. The molecule has 0 aliphatic rings. The molecule has 0 spiro atoms. The van der Waals surface area contributed by atoms with Crippen LogP contribution in [0, 0.1) is 0 Å². The molecule has 0 aliphatic heterocycles. The molecule has 2 aromatic rings. The Balaban J connectivity index is 2.19. The molecule has 1 aromatic heterocycles. The van der Waals surface area contributed by atoms with Crippen molar-refractivity contribution in [1.82, 2.24) is 4.72 Å². The minimum atomic E-state index is -3.60. The van der Waals surface area contributed by atoms with Gasteiger partial charge in [-0.1, -0.05) is 23.7 Å². The maximum atomic E-state index is 12.2. The average molecular weight is 332 g/mol. The predicted molar refractivity (Wildman–Crippen MR) is 80.4 cm³/mol. The summed E-state index contributed by atoms with van der Waals surface area (Å²) in [7, 11) is -3.60. The molecule has 2 N–H and O–H groups in total. The summed E-state index contributed by atoms with van der Waals surface area (Å²) >= 11 is 6.98. The number of halogens is 1. The van der Waals surface area contributed by atoms with Gasteiger partial charge in [-0.25, -0.2) is 13.1 Å². The highest BCUT2D eigenvalue weighted by atomic mass is 35.5. The molecule has 4 nitrogen and oxygen atoms in total. The van der Waals surface area contributed by atoms with Gasteiger partial charge < -0.3 is 5.11 Å². The van der Waals surface area contributed by atoms with Crippen LogP contribution in [0.3, 0.4) is 0 Å². The van der Waals surface area contributed by atoms with Crippen molar-refractivity contribution < 1.29 is 13.5 Å². The normalized spacial score (nSPS) is 13.3. The summed E-state index contributed by atoms with van der Waals surface area (Å²) in [5, 5.41) is 11.2. The third-order valence-electron chi connectivity index (χ3n) is 2.76. The lowest BCUT2D eigenvalue weighted by atomic mass is 10.1. The Hall–Kier alpha value is -0.920. The second-order valence-electron chi connectivity index (χ2n) is 4.33. The third-order valence-corrected chi connectivity index (χ3v) is 6.02. The molecule has 0 fully saturated rings. The highest BCUT2D eigenvalue weighted by Gasteiger charge is 2.20. The lowest BCUT2D eigenvalue weighted by molar-refractivity contribution is 0.282. The minimum Gasteiger partial charge on any atom is -0.392 e. The number of nitrogens with one attached hydrogen (secondary N) is 1. The van der Waals surface area contributed by atoms with Crippen LogP contribution in [0.5, 0.6) is 0 Å². The molecule has 0 bridgehead atoms. The van der Waals surface area contributed by atoms with Crippen LogP contribution in [-0.2, 0) is 16.6 Å². The monoisotopic (exact) mass is 331 g/mol. The van der Waals surface area contributed by atoms with Crippen molar-refractivity contribution in [3.05, 3.63) is 51.9 Å². The van der Waals surface area contributed by atoms with E-state index in [4.69, 9.17) is 16.7 Å². The van der Waals surface area contributed by atoms with E-state index >= 15 is 0 Å². The Kier molecular flexibility index (Phi) is 4.82. The van der Waals surface area contributed by atoms with Crippen molar-refractivity contribution in [3.8, 4) is 0 Å². The van der Waals surface area contributed by atoms with E-state index in [1.54, 1.807) is 30.5 Å². The van der Waals surface area contributed by atoms with Gasteiger partial charge in [-0.2, -0.15) is 0 Å². The Bertz CT molecular complexity index is 697. The molecule has 2 rings (SSSR count). The summed E-state index contributed by atoms with van der Waals surface area (Å²) in [4.78, 5) is 0. The number of aliphatic hydroxyl groups excluding tert-OH is 1. The minimum absolute atomic E-state index is 0.171. The topological polar surface area (TPSA) is 66.4 Å². The molecule has 0 saturated heterocycles. The molecule has 1 aromatic carbocycles. The second kappa shape index (κ2) is 6.24. The van der Waals surface area contributed by atoms with Gasteiger partial charge in [0.05, 0.1) is 6.61 Å². The van der Waals surface area contributed by atoms with E-state index in [9.17, 15) is 8.42 Å². The molecular weight excluding hydrogens is 318 g/mol. The van der Waals surface area contributed by atoms with Gasteiger partial charge in [0.15, 0.2) is 0 Å². The quantitative estimate of drug-likeness (QED) is 0.885. The Labute approximate surface area is 127 Å². The predicted octanol–water partition coefficient (Wildman–Crippen LogP) is 2.93. The summed E-state index contributed by atoms with van der Waals surface area (Å²) < 4.78 is 27.2. The highest BCUT2D eigenvalue weighted by molar-refractivity contribution is 7.91. The standard InChI is InChI=1S/C13H14ClNO3S2/c1-9(11-3-2-4-12(14)6-11)15-20(17,18)13-5-10(7-16)8-19-13/h2-6,8-9,15-16H,7H2,1H3. The van der Waals surface area contributed by atoms with Crippen molar-refractivity contribution >= 4 is 33.0 Å². The second-order valence-corrected chi connectivity index (χ2v) is 7.62. The highest BCUT2D eigenvalue weighted by Crippen LogP contribution is 2.23. The number of rotatable bonds is 5. The van der Waals surface area contributed by atoms with Crippen LogP contribution in [0.15, 0.2) is 39.9 Å². The van der Waals surface area contributed by atoms with E-state index in [1.165, 1.54) is 6.07 Å². The summed E-state index contributed by atoms with van der Waals surface area (Å²) in [5.74, 6) is 0. The van der Waals surface area contributed by atoms with Crippen LogP contribution in [-0.4, -0.2) is 13.5 Å². The van der Waals surface area contributed by atoms with E-state index in [0.29, 0.717) is 10.6 Å². The summed E-state index contributed by atoms with van der Waals surface area (Å²) in [6.45, 7) is 1.58. The molecule has 1 heterocycles. The van der Waals surface area contributed by atoms with Gasteiger partial charge >= 0.3 is 0 Å². The first-order valence-corrected chi connectivity index (χ1v) is 8.62. The molecule has 0 saturated carbocycles. The Morgan fingerprint density at radius 3 is 2.75 bits per heavy atom. The van der Waals surface area contributed by atoms with Crippen LogP contribution in [0.2, 0.25) is 5.02 Å². The zero-order chi connectivity index (χ0) is 14.8. The number of thiophene rings is 1. The number of hydrogen-bond donors (Lipinski definition) is 2. The van der Waals surface area contributed by atoms with Gasteiger partial charge in [0.2, 0.25) is 0 Å². The van der Waals surface area contributed by atoms with Crippen molar-refractivity contribution in [1.29, 1.82) is 0 Å². The van der Waals surface area contributed by atoms with E-state index in [1.807, 2.05) is 6.07 Å². The lowest BCUT2D eigenvalue weighted by Crippen LogP contribution is -2.26. The van der Waals surface area contributed by atoms with Gasteiger partial charge in [0, 0.05) is 11.1 Å². The molecule has 108 valence electrons. The molecule has 1 unspecified atom stereocenters. The first-order chi connectivity index (χ1) is 9.42. The third kappa shape index (κ3) is 3.59. The molecular formula is C13H14ClNO3S2. The Morgan fingerprint density at radius 2 is 2.15 bits per heavy atom. The maximum absolute atomic E-state index is 12.2. The molecule has 0 amide bonds. The van der Waals surface area contributed by atoms with Crippen molar-refractivity contribution in [3.63, 3.8) is 0 Å². The SMILES string of the molecule is CC(NS(=O)(=O)c1cc(CO)cs1)c1cccc(Cl)c1. The zero-order valence-electron chi connectivity index (χ0n) is 10.7. The van der Waals surface area contributed by atoms with Crippen LogP contribution >= 0.6 is 22.9 Å². The molecule has 1 atom stereocenters. The van der Waals surface area contributed by atoms with Crippen molar-refractivity contribution in [2.75, 3.05) is 0 Å². The smallest absolute Gasteiger partial charge is 0.250 e. The van der Waals surface area contributed by atoms with Gasteiger partial charge in [0.1, 0.15) is 4.21 Å². The maximum Gasteiger partial charge on any atom is 0.250 e. The van der Waals surface area contributed by atoms with Crippen LogP contribution in [0.1, 0.15) is 24.1 Å². The van der Waals surface area contributed by atoms with Gasteiger partial charge in [-0.05, 0) is 41.6 Å². The fourth-order valence-electron chi connectivity index (χ4n) is 1.71. The molecule has 20 heavy (non-hydrogen) atoms. The lowest BCUT2D eigenvalue weighted by Gasteiger charge is -2.14. The summed E-state index contributed by atoms with van der Waals surface area (Å²) in [6.07, 6.45) is 0. The van der Waals surface area contributed by atoms with Gasteiger partial charge in [-0.3, -0.25) is 0 Å². The average Bonchev–Trinajstić information content (AvgIpc) is 2.87. The van der Waals surface area contributed by atoms with Crippen LogP contribution in [0.4, 0.5) is 0 Å². The summed E-state index contributed by atoms with van der Waals surface area (Å²) in [5.41, 5.74) is 1.38.